The van der Waals surface area contributed by atoms with E-state index in [2.05, 4.69) is 10.1 Å². The van der Waals surface area contributed by atoms with Crippen LogP contribution in [-0.2, 0) is 4.84 Å². The molecule has 0 aliphatic carbocycles. The summed E-state index contributed by atoms with van der Waals surface area (Å²) in [6.45, 7) is 3.84. The summed E-state index contributed by atoms with van der Waals surface area (Å²) < 4.78 is 0. The number of nitrogens with zero attached hydrogens (tertiary/aromatic N) is 3. The third-order valence-corrected chi connectivity index (χ3v) is 3.37. The number of β-amino-alcohol motifs (C(OH)–C–C–N with tert-alkyl or cyclic N) is 1. The molecule has 6 heteroatoms. The summed E-state index contributed by atoms with van der Waals surface area (Å²) in [6.07, 6.45) is 3.91. The molecule has 1 unspecified atom stereocenters. The second kappa shape index (κ2) is 9.53. The molecule has 1 saturated heterocycles. The van der Waals surface area contributed by atoms with Crippen LogP contribution in [0, 0.1) is 0 Å². The van der Waals surface area contributed by atoms with Crippen LogP contribution in [0.3, 0.4) is 0 Å². The van der Waals surface area contributed by atoms with Crippen molar-refractivity contribution >= 4 is 16.8 Å². The number of halogens is 1. The zero-order valence-electron chi connectivity index (χ0n) is 12.0. The Balaban J connectivity index is 2.11. The Morgan fingerprint density at radius 1 is 1.37 bits per heavy atom. The molecule has 1 N–H and O–H groups in total. The lowest BCUT2D eigenvalue weighted by Gasteiger charge is -2.27. The largest absolute Gasteiger partial charge is 0.392 e. The Labute approximate surface area is 121 Å². The third kappa shape index (κ3) is 8.42. The number of piperidine rings is 1. The fourth-order valence-electron chi connectivity index (χ4n) is 2.05. The van der Waals surface area contributed by atoms with Gasteiger partial charge in [0.25, 0.3) is 0 Å². The van der Waals surface area contributed by atoms with Gasteiger partial charge in [-0.05, 0) is 40.0 Å². The molecule has 0 saturated carbocycles. The minimum atomic E-state index is -0.500. The van der Waals surface area contributed by atoms with Crippen LogP contribution in [0.25, 0.3) is 0 Å². The average molecular weight is 292 g/mol. The van der Waals surface area contributed by atoms with Crippen molar-refractivity contribution in [1.82, 2.24) is 9.80 Å². The van der Waals surface area contributed by atoms with E-state index >= 15 is 0 Å². The monoisotopic (exact) mass is 291 g/mol. The number of oxime groups is 1. The summed E-state index contributed by atoms with van der Waals surface area (Å²) in [7, 11) is 3.96. The zero-order valence-corrected chi connectivity index (χ0v) is 12.8. The molecular formula is C13H26ClN3O2. The minimum absolute atomic E-state index is 0.203. The van der Waals surface area contributed by atoms with Crippen LogP contribution < -0.4 is 0 Å². The smallest absolute Gasteiger partial charge is 0.146 e. The fourth-order valence-corrected chi connectivity index (χ4v) is 2.18. The van der Waals surface area contributed by atoms with E-state index in [9.17, 15) is 5.11 Å². The van der Waals surface area contributed by atoms with Gasteiger partial charge >= 0.3 is 0 Å². The maximum absolute atomic E-state index is 9.85. The second-order valence-corrected chi connectivity index (χ2v) is 5.77. The molecule has 5 nitrogen and oxygen atoms in total. The van der Waals surface area contributed by atoms with Crippen LogP contribution >= 0.6 is 11.6 Å². The van der Waals surface area contributed by atoms with Crippen LogP contribution in [0.4, 0.5) is 0 Å². The molecule has 1 aliphatic rings. The fraction of sp³-hybridized carbons (Fsp3) is 0.923. The first-order chi connectivity index (χ1) is 9.08. The average Bonchev–Trinajstić information content (AvgIpc) is 2.37. The first-order valence-corrected chi connectivity index (χ1v) is 7.35. The van der Waals surface area contributed by atoms with Gasteiger partial charge in [-0.1, -0.05) is 23.2 Å². The number of likely N-dealkylation sites (tertiary alicyclic amines) is 1. The lowest BCUT2D eigenvalue weighted by molar-refractivity contribution is 0.0159. The van der Waals surface area contributed by atoms with E-state index in [1.54, 1.807) is 0 Å². The molecule has 0 bridgehead atoms. The van der Waals surface area contributed by atoms with Gasteiger partial charge in [0.2, 0.25) is 0 Å². The summed E-state index contributed by atoms with van der Waals surface area (Å²) in [5, 5.41) is 14.1. The summed E-state index contributed by atoms with van der Waals surface area (Å²) in [4.78, 5) is 9.40. The van der Waals surface area contributed by atoms with Crippen LogP contribution in [0.1, 0.15) is 25.7 Å². The first kappa shape index (κ1) is 16.7. The van der Waals surface area contributed by atoms with Crippen molar-refractivity contribution in [1.29, 1.82) is 0 Å². The number of rotatable bonds is 8. The molecule has 0 radical (unpaired) electrons. The molecule has 112 valence electrons. The van der Waals surface area contributed by atoms with Gasteiger partial charge in [-0.3, -0.25) is 0 Å². The predicted octanol–water partition coefficient (Wildman–Crippen LogP) is 1.35. The van der Waals surface area contributed by atoms with E-state index in [0.29, 0.717) is 18.1 Å². The van der Waals surface area contributed by atoms with Gasteiger partial charge in [0.1, 0.15) is 17.9 Å². The maximum Gasteiger partial charge on any atom is 0.146 e. The lowest BCUT2D eigenvalue weighted by Crippen LogP contribution is -2.38. The van der Waals surface area contributed by atoms with E-state index in [4.69, 9.17) is 16.4 Å². The predicted molar refractivity (Wildman–Crippen MR) is 78.7 cm³/mol. The van der Waals surface area contributed by atoms with Gasteiger partial charge in [0.05, 0.1) is 0 Å². The molecule has 1 aliphatic heterocycles. The van der Waals surface area contributed by atoms with E-state index in [1.165, 1.54) is 19.3 Å². The molecule has 19 heavy (non-hydrogen) atoms. The minimum Gasteiger partial charge on any atom is -0.392 e. The van der Waals surface area contributed by atoms with Crippen molar-refractivity contribution in [3.05, 3.63) is 0 Å². The van der Waals surface area contributed by atoms with Crippen LogP contribution in [-0.4, -0.2) is 73.1 Å². The van der Waals surface area contributed by atoms with Crippen molar-refractivity contribution in [2.75, 3.05) is 46.9 Å². The van der Waals surface area contributed by atoms with E-state index in [1.807, 2.05) is 19.0 Å². The molecular weight excluding hydrogens is 266 g/mol. The summed E-state index contributed by atoms with van der Waals surface area (Å²) in [6, 6.07) is 0. The Morgan fingerprint density at radius 3 is 2.68 bits per heavy atom. The molecule has 1 heterocycles. The molecule has 0 aromatic carbocycles. The molecule has 1 atom stereocenters. The third-order valence-electron chi connectivity index (χ3n) is 3.11. The first-order valence-electron chi connectivity index (χ1n) is 6.97. The number of hydrogen-bond donors (Lipinski definition) is 1. The van der Waals surface area contributed by atoms with Gasteiger partial charge in [-0.25, -0.2) is 0 Å². The van der Waals surface area contributed by atoms with Crippen LogP contribution in [0.5, 0.6) is 0 Å². The summed E-state index contributed by atoms with van der Waals surface area (Å²) >= 11 is 5.91. The second-order valence-electron chi connectivity index (χ2n) is 5.33. The van der Waals surface area contributed by atoms with E-state index in [0.717, 1.165) is 19.6 Å². The topological polar surface area (TPSA) is 48.3 Å². The van der Waals surface area contributed by atoms with E-state index in [-0.39, 0.29) is 6.61 Å². The Kier molecular flexibility index (Phi) is 8.37. The summed E-state index contributed by atoms with van der Waals surface area (Å²) in [5.74, 6) is 0. The van der Waals surface area contributed by atoms with Gasteiger partial charge < -0.3 is 19.7 Å². The van der Waals surface area contributed by atoms with Crippen molar-refractivity contribution in [2.45, 2.75) is 31.8 Å². The van der Waals surface area contributed by atoms with Gasteiger partial charge in [0.15, 0.2) is 0 Å². The van der Waals surface area contributed by atoms with Crippen LogP contribution in [0.2, 0.25) is 0 Å². The Bertz CT molecular complexity index is 269. The van der Waals surface area contributed by atoms with Crippen molar-refractivity contribution in [3.63, 3.8) is 0 Å². The zero-order chi connectivity index (χ0) is 14.1. The quantitative estimate of drug-likeness (QED) is 0.542. The molecule has 0 aromatic heterocycles. The maximum atomic E-state index is 9.85. The highest BCUT2D eigenvalue weighted by Crippen LogP contribution is 2.09. The molecule has 0 aromatic rings. The molecule has 1 rings (SSSR count). The van der Waals surface area contributed by atoms with Gasteiger partial charge in [-0.2, -0.15) is 0 Å². The highest BCUT2D eigenvalue weighted by molar-refractivity contribution is 6.65. The van der Waals surface area contributed by atoms with Crippen molar-refractivity contribution in [2.24, 2.45) is 5.16 Å². The van der Waals surface area contributed by atoms with Crippen molar-refractivity contribution in [3.8, 4) is 0 Å². The molecule has 0 spiro atoms. The summed E-state index contributed by atoms with van der Waals surface area (Å²) in [5.41, 5.74) is 0. The Morgan fingerprint density at radius 2 is 2.05 bits per heavy atom. The van der Waals surface area contributed by atoms with Crippen molar-refractivity contribution < 1.29 is 9.94 Å². The van der Waals surface area contributed by atoms with Crippen LogP contribution in [0.15, 0.2) is 5.16 Å². The van der Waals surface area contributed by atoms with E-state index < -0.39 is 6.10 Å². The molecule has 0 amide bonds. The standard InChI is InChI=1S/C13H26ClN3O2/c1-16(2)9-6-13(14)15-19-11-12(18)10-17-7-4-3-5-8-17/h12,18H,3-11H2,1-2H3. The van der Waals surface area contributed by atoms with Gasteiger partial charge in [0, 0.05) is 19.5 Å². The number of aliphatic hydroxyl groups excluding tert-OH is 1. The van der Waals surface area contributed by atoms with Gasteiger partial charge in [-0.15, -0.1) is 0 Å². The highest BCUT2D eigenvalue weighted by Gasteiger charge is 2.14. The SMILES string of the molecule is CN(C)CCC(Cl)=NOCC(O)CN1CCCCC1. The lowest BCUT2D eigenvalue weighted by atomic mass is 10.1. The Hall–Kier alpha value is -0.360. The highest BCUT2D eigenvalue weighted by atomic mass is 35.5. The number of aliphatic hydroxyl groups is 1. The number of hydrogen-bond acceptors (Lipinski definition) is 5. The normalized spacial score (nSPS) is 19.7. The molecule has 1 fully saturated rings.